The number of phenolic OH excluding ortho intramolecular Hbond substituents is 3. The van der Waals surface area contributed by atoms with Gasteiger partial charge in [0.15, 0.2) is 17.2 Å². The number of aromatic hydroxyl groups is 3. The monoisotopic (exact) mass is 427 g/mol. The number of phenols is 3. The van der Waals surface area contributed by atoms with E-state index in [0.29, 0.717) is 28.6 Å². The lowest BCUT2D eigenvalue weighted by molar-refractivity contribution is 0.411. The van der Waals surface area contributed by atoms with Crippen LogP contribution in [0.2, 0.25) is 0 Å². The van der Waals surface area contributed by atoms with Crippen LogP contribution in [0.1, 0.15) is 16.7 Å². The quantitative estimate of drug-likeness (QED) is 0.320. The minimum absolute atomic E-state index is 0.0226. The van der Waals surface area contributed by atoms with E-state index in [1.807, 2.05) is 51.1 Å². The molecule has 0 spiro atoms. The first-order valence-corrected chi connectivity index (χ1v) is 10.3. The number of nitrogens with zero attached hydrogens (tertiary/aromatic N) is 1. The van der Waals surface area contributed by atoms with Crippen molar-refractivity contribution in [2.75, 3.05) is 4.90 Å². The van der Waals surface area contributed by atoms with Gasteiger partial charge in [-0.1, -0.05) is 42.5 Å². The van der Waals surface area contributed by atoms with Crippen LogP contribution in [-0.2, 0) is 0 Å². The molecule has 32 heavy (non-hydrogen) atoms. The van der Waals surface area contributed by atoms with Gasteiger partial charge in [-0.05, 0) is 73.9 Å². The Labute approximate surface area is 187 Å². The normalized spacial score (nSPS) is 10.7. The molecule has 0 aliphatic heterocycles. The van der Waals surface area contributed by atoms with Gasteiger partial charge in [0.1, 0.15) is 11.5 Å². The number of anilines is 3. The van der Waals surface area contributed by atoms with Gasteiger partial charge in [-0.25, -0.2) is 0 Å². The highest BCUT2D eigenvalue weighted by Crippen LogP contribution is 2.50. The molecule has 5 heteroatoms. The second kappa shape index (κ2) is 8.55. The van der Waals surface area contributed by atoms with Crippen LogP contribution in [-0.4, -0.2) is 15.3 Å². The van der Waals surface area contributed by atoms with Gasteiger partial charge in [0.25, 0.3) is 0 Å². The Bertz CT molecular complexity index is 1190. The highest BCUT2D eigenvalue weighted by atomic mass is 16.5. The molecule has 0 amide bonds. The zero-order valence-corrected chi connectivity index (χ0v) is 18.2. The van der Waals surface area contributed by atoms with E-state index in [4.69, 9.17) is 4.74 Å². The third-order valence-corrected chi connectivity index (χ3v) is 5.32. The van der Waals surface area contributed by atoms with Gasteiger partial charge in [0.05, 0.1) is 17.1 Å². The zero-order chi connectivity index (χ0) is 22.8. The second-order valence-electron chi connectivity index (χ2n) is 7.76. The molecule has 4 aromatic carbocycles. The van der Waals surface area contributed by atoms with Crippen molar-refractivity contribution in [3.05, 3.63) is 95.6 Å². The van der Waals surface area contributed by atoms with Crippen molar-refractivity contribution in [3.8, 4) is 28.7 Å². The van der Waals surface area contributed by atoms with Crippen LogP contribution in [0, 0.1) is 20.8 Å². The first-order chi connectivity index (χ1) is 15.4. The van der Waals surface area contributed by atoms with Crippen molar-refractivity contribution >= 4 is 17.1 Å². The smallest absolute Gasteiger partial charge is 0.169 e. The Morgan fingerprint density at radius 1 is 0.594 bits per heavy atom. The minimum Gasteiger partial charge on any atom is -0.506 e. The Kier molecular flexibility index (Phi) is 5.65. The van der Waals surface area contributed by atoms with Crippen LogP contribution < -0.4 is 9.64 Å². The van der Waals surface area contributed by atoms with Crippen LogP contribution in [0.3, 0.4) is 0 Å². The molecule has 0 bridgehead atoms. The lowest BCUT2D eigenvalue weighted by atomic mass is 10.1. The first kappa shape index (κ1) is 21.1. The van der Waals surface area contributed by atoms with Crippen LogP contribution in [0.5, 0.6) is 28.7 Å². The Hall–Kier alpha value is -4.12. The SMILES string of the molecule is Cc1ccc(O)c(Oc2ccccc2N(c2c(C)cccc2O)c2c(C)cccc2O)c1. The van der Waals surface area contributed by atoms with Crippen molar-refractivity contribution < 1.29 is 20.1 Å². The predicted octanol–water partition coefficient (Wildman–Crippen LogP) is 6.99. The van der Waals surface area contributed by atoms with Gasteiger partial charge in [0, 0.05) is 0 Å². The fourth-order valence-corrected chi connectivity index (χ4v) is 3.77. The summed E-state index contributed by atoms with van der Waals surface area (Å²) in [6, 6.07) is 23.0. The average molecular weight is 428 g/mol. The molecule has 0 aromatic heterocycles. The molecule has 0 radical (unpaired) electrons. The van der Waals surface area contributed by atoms with Crippen LogP contribution in [0.25, 0.3) is 0 Å². The number of para-hydroxylation sites is 4. The molecule has 0 atom stereocenters. The van der Waals surface area contributed by atoms with E-state index >= 15 is 0 Å². The number of ether oxygens (including phenoxy) is 1. The van der Waals surface area contributed by atoms with E-state index in [0.717, 1.165) is 16.7 Å². The third kappa shape index (κ3) is 3.93. The molecular formula is C27H25NO4. The largest absolute Gasteiger partial charge is 0.506 e. The first-order valence-electron chi connectivity index (χ1n) is 10.3. The van der Waals surface area contributed by atoms with Crippen molar-refractivity contribution in [1.82, 2.24) is 0 Å². The Morgan fingerprint density at radius 2 is 1.19 bits per heavy atom. The van der Waals surface area contributed by atoms with Gasteiger partial charge >= 0.3 is 0 Å². The standard InChI is InChI=1S/C27H25NO4/c1-17-14-15-21(29)25(16-17)32-24-13-5-4-10-20(24)28(26-18(2)8-6-11-22(26)30)27-19(3)9-7-12-23(27)31/h4-16,29-31H,1-3H3. The number of hydrogen-bond donors (Lipinski definition) is 3. The van der Waals surface area contributed by atoms with Crippen molar-refractivity contribution in [1.29, 1.82) is 0 Å². The van der Waals surface area contributed by atoms with E-state index in [-0.39, 0.29) is 17.2 Å². The molecule has 3 N–H and O–H groups in total. The molecule has 0 heterocycles. The molecule has 0 aliphatic carbocycles. The fourth-order valence-electron chi connectivity index (χ4n) is 3.77. The van der Waals surface area contributed by atoms with Gasteiger partial charge in [-0.2, -0.15) is 0 Å². The van der Waals surface area contributed by atoms with E-state index in [1.54, 1.807) is 53.4 Å². The molecule has 162 valence electrons. The number of benzene rings is 4. The van der Waals surface area contributed by atoms with Gasteiger partial charge in [0.2, 0.25) is 0 Å². The molecule has 4 aromatic rings. The van der Waals surface area contributed by atoms with E-state index < -0.39 is 0 Å². The summed E-state index contributed by atoms with van der Waals surface area (Å²) in [6.45, 7) is 5.71. The highest BCUT2D eigenvalue weighted by molar-refractivity contribution is 5.88. The van der Waals surface area contributed by atoms with Crippen LogP contribution >= 0.6 is 0 Å². The van der Waals surface area contributed by atoms with Gasteiger partial charge in [-0.3, -0.25) is 4.90 Å². The summed E-state index contributed by atoms with van der Waals surface area (Å²) in [6.07, 6.45) is 0. The molecule has 0 unspecified atom stereocenters. The Morgan fingerprint density at radius 3 is 1.78 bits per heavy atom. The summed E-state index contributed by atoms with van der Waals surface area (Å²) < 4.78 is 6.15. The number of aryl methyl sites for hydroxylation is 3. The maximum Gasteiger partial charge on any atom is 0.169 e. The maximum absolute atomic E-state index is 10.8. The number of hydrogen-bond acceptors (Lipinski definition) is 5. The molecule has 5 nitrogen and oxygen atoms in total. The molecule has 0 saturated heterocycles. The minimum atomic E-state index is 0.0226. The van der Waals surface area contributed by atoms with Gasteiger partial charge < -0.3 is 20.1 Å². The molecule has 0 fully saturated rings. The predicted molar refractivity (Wildman–Crippen MR) is 127 cm³/mol. The molecule has 4 rings (SSSR count). The summed E-state index contributed by atoms with van der Waals surface area (Å²) in [5, 5.41) is 32.0. The maximum atomic E-state index is 10.8. The summed E-state index contributed by atoms with van der Waals surface area (Å²) in [7, 11) is 0. The molecule has 0 aliphatic rings. The summed E-state index contributed by atoms with van der Waals surface area (Å²) >= 11 is 0. The van der Waals surface area contributed by atoms with Crippen molar-refractivity contribution in [2.24, 2.45) is 0 Å². The fraction of sp³-hybridized carbons (Fsp3) is 0.111. The van der Waals surface area contributed by atoms with Crippen molar-refractivity contribution in [2.45, 2.75) is 20.8 Å². The second-order valence-corrected chi connectivity index (χ2v) is 7.76. The van der Waals surface area contributed by atoms with Crippen LogP contribution in [0.4, 0.5) is 17.1 Å². The Balaban J connectivity index is 1.97. The summed E-state index contributed by atoms with van der Waals surface area (Å²) in [5.74, 6) is 0.940. The summed E-state index contributed by atoms with van der Waals surface area (Å²) in [4.78, 5) is 1.79. The van der Waals surface area contributed by atoms with E-state index in [9.17, 15) is 15.3 Å². The third-order valence-electron chi connectivity index (χ3n) is 5.32. The van der Waals surface area contributed by atoms with Crippen molar-refractivity contribution in [3.63, 3.8) is 0 Å². The zero-order valence-electron chi connectivity index (χ0n) is 18.2. The van der Waals surface area contributed by atoms with Gasteiger partial charge in [-0.15, -0.1) is 0 Å². The van der Waals surface area contributed by atoms with E-state index in [1.165, 1.54) is 0 Å². The molecule has 0 saturated carbocycles. The molecular weight excluding hydrogens is 402 g/mol. The lowest BCUT2D eigenvalue weighted by Gasteiger charge is -2.30. The summed E-state index contributed by atoms with van der Waals surface area (Å²) in [5.41, 5.74) is 4.24. The van der Waals surface area contributed by atoms with E-state index in [2.05, 4.69) is 0 Å². The van der Waals surface area contributed by atoms with Crippen LogP contribution in [0.15, 0.2) is 78.9 Å². The highest BCUT2D eigenvalue weighted by Gasteiger charge is 2.25. The number of rotatable bonds is 5. The lowest BCUT2D eigenvalue weighted by Crippen LogP contribution is -2.14. The average Bonchev–Trinajstić information content (AvgIpc) is 2.75. The topological polar surface area (TPSA) is 73.2 Å².